The van der Waals surface area contributed by atoms with Crippen molar-refractivity contribution in [1.82, 2.24) is 9.97 Å². The number of anilines is 2. The third-order valence-electron chi connectivity index (χ3n) is 3.83. The summed E-state index contributed by atoms with van der Waals surface area (Å²) in [5, 5.41) is 3.47. The lowest BCUT2D eigenvalue weighted by Crippen LogP contribution is -2.34. The Morgan fingerprint density at radius 3 is 3.00 bits per heavy atom. The monoisotopic (exact) mass is 334 g/mol. The third-order valence-corrected chi connectivity index (χ3v) is 4.07. The van der Waals surface area contributed by atoms with Crippen LogP contribution < -0.4 is 10.2 Å². The Morgan fingerprint density at radius 1 is 1.43 bits per heavy atom. The first-order valence-corrected chi connectivity index (χ1v) is 7.80. The molecule has 1 fully saturated rings. The molecule has 2 heterocycles. The van der Waals surface area contributed by atoms with Crippen LogP contribution >= 0.6 is 11.6 Å². The highest BCUT2D eigenvalue weighted by atomic mass is 35.5. The molecule has 1 aromatic heterocycles. The van der Waals surface area contributed by atoms with Crippen LogP contribution in [0, 0.1) is 5.82 Å². The number of hydrogen-bond donors (Lipinski definition) is 1. The van der Waals surface area contributed by atoms with Crippen LogP contribution in [0.1, 0.15) is 19.0 Å². The zero-order valence-electron chi connectivity index (χ0n) is 12.6. The minimum Gasteiger partial charge on any atom is -0.356 e. The van der Waals surface area contributed by atoms with Gasteiger partial charge in [-0.15, -0.1) is 0 Å². The Bertz CT molecular complexity index is 740. The summed E-state index contributed by atoms with van der Waals surface area (Å²) in [5.41, 5.74) is 1.07. The minimum atomic E-state index is -0.511. The van der Waals surface area contributed by atoms with E-state index in [1.54, 1.807) is 23.1 Å². The van der Waals surface area contributed by atoms with Gasteiger partial charge in [-0.1, -0.05) is 24.6 Å². The molecule has 1 unspecified atom stereocenters. The van der Waals surface area contributed by atoms with Crippen molar-refractivity contribution < 1.29 is 9.18 Å². The van der Waals surface area contributed by atoms with Gasteiger partial charge in [0.2, 0.25) is 5.91 Å². The average molecular weight is 335 g/mol. The van der Waals surface area contributed by atoms with Gasteiger partial charge in [0.15, 0.2) is 11.6 Å². The number of nitrogens with one attached hydrogen (secondary N) is 1. The van der Waals surface area contributed by atoms with Gasteiger partial charge in [0.05, 0.1) is 5.69 Å². The Morgan fingerprint density at radius 2 is 2.26 bits per heavy atom. The van der Waals surface area contributed by atoms with E-state index in [0.29, 0.717) is 30.1 Å². The first-order valence-electron chi connectivity index (χ1n) is 7.43. The van der Waals surface area contributed by atoms with E-state index in [0.717, 1.165) is 5.69 Å². The Balaban J connectivity index is 1.78. The van der Waals surface area contributed by atoms with E-state index < -0.39 is 11.9 Å². The van der Waals surface area contributed by atoms with Crippen molar-refractivity contribution in [1.29, 1.82) is 0 Å². The number of aromatic nitrogens is 2. The first-order chi connectivity index (χ1) is 11.1. The Hall–Kier alpha value is -2.21. The van der Waals surface area contributed by atoms with Gasteiger partial charge in [-0.25, -0.2) is 14.4 Å². The topological polar surface area (TPSA) is 58.1 Å². The number of benzene rings is 1. The fraction of sp³-hybridized carbons (Fsp3) is 0.312. The molecule has 1 aliphatic heterocycles. The molecule has 1 aliphatic rings. The van der Waals surface area contributed by atoms with Crippen LogP contribution in [0.5, 0.6) is 0 Å². The smallest absolute Gasteiger partial charge is 0.249 e. The predicted molar refractivity (Wildman–Crippen MR) is 87.2 cm³/mol. The second kappa shape index (κ2) is 6.50. The zero-order valence-corrected chi connectivity index (χ0v) is 13.3. The summed E-state index contributed by atoms with van der Waals surface area (Å²) < 4.78 is 14.2. The van der Waals surface area contributed by atoms with Crippen LogP contribution in [0.25, 0.3) is 0 Å². The van der Waals surface area contributed by atoms with Crippen LogP contribution in [-0.2, 0) is 11.2 Å². The lowest BCUT2D eigenvalue weighted by atomic mass is 10.2. The van der Waals surface area contributed by atoms with Crippen LogP contribution in [0.15, 0.2) is 30.6 Å². The summed E-state index contributed by atoms with van der Waals surface area (Å²) in [5.74, 6) is -0.546. The molecule has 120 valence electrons. The van der Waals surface area contributed by atoms with Gasteiger partial charge in [-0.3, -0.25) is 4.79 Å². The Kier molecular flexibility index (Phi) is 4.43. The van der Waals surface area contributed by atoms with Crippen LogP contribution in [0.4, 0.5) is 15.9 Å². The molecule has 1 saturated heterocycles. The second-order valence-electron chi connectivity index (χ2n) is 5.29. The number of carbonyl (C=O) groups is 1. The maximum Gasteiger partial charge on any atom is 0.249 e. The van der Waals surface area contributed by atoms with Crippen molar-refractivity contribution in [3.8, 4) is 0 Å². The number of hydrogen-bond acceptors (Lipinski definition) is 4. The van der Waals surface area contributed by atoms with Crippen molar-refractivity contribution in [2.75, 3.05) is 16.8 Å². The summed E-state index contributed by atoms with van der Waals surface area (Å²) >= 11 is 5.97. The van der Waals surface area contributed by atoms with Crippen molar-refractivity contribution in [2.45, 2.75) is 25.8 Å². The normalized spacial score (nSPS) is 17.6. The van der Waals surface area contributed by atoms with E-state index in [1.807, 2.05) is 13.0 Å². The molecule has 1 N–H and O–H groups in total. The fourth-order valence-corrected chi connectivity index (χ4v) is 2.82. The van der Waals surface area contributed by atoms with Gasteiger partial charge in [0.25, 0.3) is 0 Å². The molecule has 3 rings (SSSR count). The number of amides is 1. The molecule has 0 bridgehead atoms. The maximum absolute atomic E-state index is 14.2. The van der Waals surface area contributed by atoms with E-state index in [9.17, 15) is 9.18 Å². The molecule has 5 nitrogen and oxygen atoms in total. The lowest BCUT2D eigenvalue weighted by Gasteiger charge is -2.18. The van der Waals surface area contributed by atoms with Crippen molar-refractivity contribution >= 4 is 29.0 Å². The van der Waals surface area contributed by atoms with E-state index in [1.165, 1.54) is 6.33 Å². The molecule has 2 aromatic rings. The summed E-state index contributed by atoms with van der Waals surface area (Å²) in [6.07, 6.45) is 2.34. The van der Waals surface area contributed by atoms with Crippen molar-refractivity contribution in [3.05, 3.63) is 47.1 Å². The second-order valence-corrected chi connectivity index (χ2v) is 5.73. The standard InChI is InChI=1S/C16H16ClFN4O/c1-2-12-14(18)15(20-9-19-12)21-13-6-7-22(16(13)23)11-5-3-4-10(17)8-11/h3-5,8-9,13H,2,6-7H2,1H3,(H,19,20,21). The summed E-state index contributed by atoms with van der Waals surface area (Å²) in [6.45, 7) is 2.36. The van der Waals surface area contributed by atoms with Gasteiger partial charge in [0.1, 0.15) is 12.4 Å². The van der Waals surface area contributed by atoms with E-state index >= 15 is 0 Å². The van der Waals surface area contributed by atoms with Crippen LogP contribution in [-0.4, -0.2) is 28.5 Å². The molecule has 23 heavy (non-hydrogen) atoms. The molecule has 0 aliphatic carbocycles. The molecule has 0 saturated carbocycles. The number of halogens is 2. The summed E-state index contributed by atoms with van der Waals surface area (Å²) in [6, 6.07) is 6.60. The van der Waals surface area contributed by atoms with Gasteiger partial charge in [-0.05, 0) is 31.0 Å². The largest absolute Gasteiger partial charge is 0.356 e. The van der Waals surface area contributed by atoms with Gasteiger partial charge < -0.3 is 10.2 Å². The maximum atomic E-state index is 14.2. The van der Waals surface area contributed by atoms with Crippen LogP contribution in [0.3, 0.4) is 0 Å². The van der Waals surface area contributed by atoms with Crippen LogP contribution in [0.2, 0.25) is 5.02 Å². The predicted octanol–water partition coefficient (Wildman–Crippen LogP) is 3.05. The average Bonchev–Trinajstić information content (AvgIpc) is 2.90. The quantitative estimate of drug-likeness (QED) is 0.933. The highest BCUT2D eigenvalue weighted by Crippen LogP contribution is 2.26. The number of nitrogens with zero attached hydrogens (tertiary/aromatic N) is 3. The summed E-state index contributed by atoms with van der Waals surface area (Å²) in [7, 11) is 0. The minimum absolute atomic E-state index is 0.0724. The molecular weight excluding hydrogens is 319 g/mol. The molecule has 7 heteroatoms. The van der Waals surface area contributed by atoms with E-state index in [-0.39, 0.29) is 11.7 Å². The lowest BCUT2D eigenvalue weighted by molar-refractivity contribution is -0.117. The molecule has 1 aromatic carbocycles. The number of aryl methyl sites for hydroxylation is 1. The molecule has 0 spiro atoms. The first kappa shape index (κ1) is 15.7. The van der Waals surface area contributed by atoms with Crippen molar-refractivity contribution in [3.63, 3.8) is 0 Å². The van der Waals surface area contributed by atoms with Gasteiger partial charge in [-0.2, -0.15) is 0 Å². The number of carbonyl (C=O) groups excluding carboxylic acids is 1. The highest BCUT2D eigenvalue weighted by molar-refractivity contribution is 6.31. The summed E-state index contributed by atoms with van der Waals surface area (Å²) in [4.78, 5) is 22.0. The third kappa shape index (κ3) is 3.12. The van der Waals surface area contributed by atoms with Gasteiger partial charge in [0, 0.05) is 17.3 Å². The number of rotatable bonds is 4. The van der Waals surface area contributed by atoms with Gasteiger partial charge >= 0.3 is 0 Å². The molecular formula is C16H16ClFN4O. The molecule has 1 amide bonds. The highest BCUT2D eigenvalue weighted by Gasteiger charge is 2.33. The fourth-order valence-electron chi connectivity index (χ4n) is 2.63. The van der Waals surface area contributed by atoms with Crippen molar-refractivity contribution in [2.24, 2.45) is 0 Å². The van der Waals surface area contributed by atoms with E-state index in [4.69, 9.17) is 11.6 Å². The molecule has 1 atom stereocenters. The zero-order chi connectivity index (χ0) is 16.4. The SMILES string of the molecule is CCc1ncnc(NC2CCN(c3cccc(Cl)c3)C2=O)c1F. The Labute approximate surface area is 138 Å². The molecule has 0 radical (unpaired) electrons. The van der Waals surface area contributed by atoms with E-state index in [2.05, 4.69) is 15.3 Å².